The molecule has 1 fully saturated rings. The third kappa shape index (κ3) is 3.88. The van der Waals surface area contributed by atoms with Gasteiger partial charge in [0.05, 0.1) is 28.3 Å². The summed E-state index contributed by atoms with van der Waals surface area (Å²) in [6.07, 6.45) is 1.68. The van der Waals surface area contributed by atoms with Crippen LogP contribution in [0.3, 0.4) is 0 Å². The maximum absolute atomic E-state index is 12.1. The number of amides is 2. The van der Waals surface area contributed by atoms with Gasteiger partial charge in [0.15, 0.2) is 0 Å². The van der Waals surface area contributed by atoms with Crippen LogP contribution in [0.15, 0.2) is 12.1 Å². The van der Waals surface area contributed by atoms with E-state index in [4.69, 9.17) is 4.74 Å². The molecule has 1 aliphatic heterocycles. The molecule has 2 amide bonds. The van der Waals surface area contributed by atoms with Crippen LogP contribution in [0.4, 0.5) is 11.4 Å². The van der Waals surface area contributed by atoms with Gasteiger partial charge in [-0.2, -0.15) is 0 Å². The highest BCUT2D eigenvalue weighted by molar-refractivity contribution is 6.39. The predicted molar refractivity (Wildman–Crippen MR) is 87.8 cm³/mol. The lowest BCUT2D eigenvalue weighted by Crippen LogP contribution is -2.45. The van der Waals surface area contributed by atoms with Gasteiger partial charge < -0.3 is 15.4 Å². The van der Waals surface area contributed by atoms with E-state index in [2.05, 4.69) is 10.6 Å². The van der Waals surface area contributed by atoms with Crippen molar-refractivity contribution >= 4 is 23.2 Å². The number of carbonyl (C=O) groups is 2. The number of ether oxygens (including phenoxy) is 1. The number of nitro benzene ring substituents is 1. The summed E-state index contributed by atoms with van der Waals surface area (Å²) in [5.41, 5.74) is 1.14. The van der Waals surface area contributed by atoms with Crippen molar-refractivity contribution in [2.24, 2.45) is 0 Å². The average molecular weight is 335 g/mol. The Bertz CT molecular complexity index is 668. The first-order valence-corrected chi connectivity index (χ1v) is 7.79. The van der Waals surface area contributed by atoms with Crippen LogP contribution in [-0.2, 0) is 14.3 Å². The Kier molecular flexibility index (Phi) is 5.50. The van der Waals surface area contributed by atoms with Crippen molar-refractivity contribution in [3.63, 3.8) is 0 Å². The summed E-state index contributed by atoms with van der Waals surface area (Å²) in [4.78, 5) is 34.6. The molecule has 8 heteroatoms. The summed E-state index contributed by atoms with van der Waals surface area (Å²) >= 11 is 0. The van der Waals surface area contributed by atoms with Gasteiger partial charge in [-0.1, -0.05) is 6.07 Å². The maximum atomic E-state index is 12.1. The summed E-state index contributed by atoms with van der Waals surface area (Å²) in [6.45, 7) is 5.68. The first-order chi connectivity index (χ1) is 11.3. The molecule has 0 radical (unpaired) electrons. The molecule has 8 nitrogen and oxygen atoms in total. The van der Waals surface area contributed by atoms with Crippen molar-refractivity contribution in [1.29, 1.82) is 0 Å². The molecule has 1 heterocycles. The summed E-state index contributed by atoms with van der Waals surface area (Å²) in [5, 5.41) is 16.1. The quantitative estimate of drug-likeness (QED) is 0.495. The topological polar surface area (TPSA) is 111 Å². The third-order valence-corrected chi connectivity index (χ3v) is 4.17. The molecule has 1 saturated heterocycles. The lowest BCUT2D eigenvalue weighted by molar-refractivity contribution is -0.385. The molecule has 0 bridgehead atoms. The Labute approximate surface area is 139 Å². The van der Waals surface area contributed by atoms with Gasteiger partial charge in [0.1, 0.15) is 0 Å². The van der Waals surface area contributed by atoms with E-state index in [9.17, 15) is 19.7 Å². The second-order valence-electron chi connectivity index (χ2n) is 5.93. The lowest BCUT2D eigenvalue weighted by atomic mass is 10.1. The number of rotatable bonds is 4. The van der Waals surface area contributed by atoms with Gasteiger partial charge in [-0.25, -0.2) is 0 Å². The van der Waals surface area contributed by atoms with Crippen molar-refractivity contribution in [3.8, 4) is 0 Å². The van der Waals surface area contributed by atoms with Gasteiger partial charge in [-0.15, -0.1) is 0 Å². The highest BCUT2D eigenvalue weighted by atomic mass is 16.6. The van der Waals surface area contributed by atoms with Crippen LogP contribution in [0, 0.1) is 24.0 Å². The zero-order valence-electron chi connectivity index (χ0n) is 13.9. The SMILES string of the molecule is Cc1ccc([N+](=O)[O-])c(C)c1NC(=O)C(=O)NC(C)C1CCCO1. The van der Waals surface area contributed by atoms with E-state index in [1.807, 2.05) is 0 Å². The fourth-order valence-corrected chi connectivity index (χ4v) is 2.76. The van der Waals surface area contributed by atoms with E-state index in [0.717, 1.165) is 12.8 Å². The van der Waals surface area contributed by atoms with E-state index in [1.165, 1.54) is 19.1 Å². The molecule has 24 heavy (non-hydrogen) atoms. The number of benzene rings is 1. The van der Waals surface area contributed by atoms with Crippen LogP contribution >= 0.6 is 0 Å². The molecule has 2 rings (SSSR count). The fraction of sp³-hybridized carbons (Fsp3) is 0.500. The highest BCUT2D eigenvalue weighted by Gasteiger charge is 2.26. The highest BCUT2D eigenvalue weighted by Crippen LogP contribution is 2.28. The summed E-state index contributed by atoms with van der Waals surface area (Å²) in [5.74, 6) is -1.64. The third-order valence-electron chi connectivity index (χ3n) is 4.17. The number of hydrogen-bond acceptors (Lipinski definition) is 5. The van der Waals surface area contributed by atoms with Crippen LogP contribution in [0.5, 0.6) is 0 Å². The zero-order valence-corrected chi connectivity index (χ0v) is 13.9. The molecule has 0 spiro atoms. The van der Waals surface area contributed by atoms with Crippen LogP contribution < -0.4 is 10.6 Å². The van der Waals surface area contributed by atoms with Gasteiger partial charge in [0.25, 0.3) is 5.69 Å². The Hall–Kier alpha value is -2.48. The van der Waals surface area contributed by atoms with Crippen molar-refractivity contribution in [1.82, 2.24) is 5.32 Å². The van der Waals surface area contributed by atoms with Crippen LogP contribution in [0.1, 0.15) is 30.9 Å². The fourth-order valence-electron chi connectivity index (χ4n) is 2.76. The molecule has 0 saturated carbocycles. The van der Waals surface area contributed by atoms with Crippen molar-refractivity contribution < 1.29 is 19.2 Å². The number of hydrogen-bond donors (Lipinski definition) is 2. The monoisotopic (exact) mass is 335 g/mol. The number of aryl methyl sites for hydroxylation is 1. The molecular formula is C16H21N3O5. The molecule has 2 unspecified atom stereocenters. The van der Waals surface area contributed by atoms with Crippen LogP contribution in [0.25, 0.3) is 0 Å². The molecule has 0 aliphatic carbocycles. The number of carbonyl (C=O) groups excluding carboxylic acids is 2. The standard InChI is InChI=1S/C16H21N3O5/c1-9-6-7-12(19(22)23)10(2)14(9)18-16(21)15(20)17-11(3)13-5-4-8-24-13/h6-7,11,13H,4-5,8H2,1-3H3,(H,17,20)(H,18,21). The second kappa shape index (κ2) is 7.39. The van der Waals surface area contributed by atoms with Crippen LogP contribution in [-0.4, -0.2) is 35.5 Å². The molecule has 130 valence electrons. The van der Waals surface area contributed by atoms with Gasteiger partial charge in [0.2, 0.25) is 0 Å². The van der Waals surface area contributed by atoms with Gasteiger partial charge in [-0.05, 0) is 39.2 Å². The molecule has 2 atom stereocenters. The normalized spacial score (nSPS) is 18.0. The summed E-state index contributed by atoms with van der Waals surface area (Å²) in [7, 11) is 0. The van der Waals surface area contributed by atoms with E-state index < -0.39 is 16.7 Å². The number of nitrogens with one attached hydrogen (secondary N) is 2. The number of anilines is 1. The van der Waals surface area contributed by atoms with Crippen molar-refractivity contribution in [2.45, 2.75) is 45.8 Å². The van der Waals surface area contributed by atoms with E-state index in [0.29, 0.717) is 17.7 Å². The Morgan fingerprint density at radius 3 is 2.62 bits per heavy atom. The lowest BCUT2D eigenvalue weighted by Gasteiger charge is -2.20. The smallest absolute Gasteiger partial charge is 0.313 e. The molecule has 1 aromatic rings. The minimum Gasteiger partial charge on any atom is -0.376 e. The van der Waals surface area contributed by atoms with Crippen LogP contribution in [0.2, 0.25) is 0 Å². The minimum atomic E-state index is -0.855. The Balaban J connectivity index is 2.07. The minimum absolute atomic E-state index is 0.0944. The summed E-state index contributed by atoms with van der Waals surface area (Å²) in [6, 6.07) is 2.63. The van der Waals surface area contributed by atoms with E-state index in [1.54, 1.807) is 13.8 Å². The molecule has 1 aromatic carbocycles. The first kappa shape index (κ1) is 17.9. The second-order valence-corrected chi connectivity index (χ2v) is 5.93. The van der Waals surface area contributed by atoms with Gasteiger partial charge >= 0.3 is 11.8 Å². The van der Waals surface area contributed by atoms with E-state index in [-0.39, 0.29) is 23.5 Å². The predicted octanol–water partition coefficient (Wildman–Crippen LogP) is 1.83. The molecule has 1 aliphatic rings. The van der Waals surface area contributed by atoms with Crippen molar-refractivity contribution in [3.05, 3.63) is 33.4 Å². The van der Waals surface area contributed by atoms with Gasteiger partial charge in [-0.3, -0.25) is 19.7 Å². The van der Waals surface area contributed by atoms with Gasteiger partial charge in [0, 0.05) is 12.7 Å². The van der Waals surface area contributed by atoms with E-state index >= 15 is 0 Å². The molecule has 2 N–H and O–H groups in total. The largest absolute Gasteiger partial charge is 0.376 e. The maximum Gasteiger partial charge on any atom is 0.313 e. The van der Waals surface area contributed by atoms with Crippen molar-refractivity contribution in [2.75, 3.05) is 11.9 Å². The average Bonchev–Trinajstić information content (AvgIpc) is 3.05. The Morgan fingerprint density at radius 1 is 1.33 bits per heavy atom. The molecular weight excluding hydrogens is 314 g/mol. The Morgan fingerprint density at radius 2 is 2.04 bits per heavy atom. The first-order valence-electron chi connectivity index (χ1n) is 7.79. The number of nitrogens with zero attached hydrogens (tertiary/aromatic N) is 1. The zero-order chi connectivity index (χ0) is 17.9. The summed E-state index contributed by atoms with van der Waals surface area (Å²) < 4.78 is 5.47. The number of nitro groups is 1. The molecule has 0 aromatic heterocycles.